The van der Waals surface area contributed by atoms with Crippen LogP contribution >= 0.6 is 11.6 Å². The number of amides is 1. The predicted octanol–water partition coefficient (Wildman–Crippen LogP) is 1.14. The van der Waals surface area contributed by atoms with Crippen LogP contribution in [0.15, 0.2) is 23.0 Å². The van der Waals surface area contributed by atoms with Gasteiger partial charge >= 0.3 is 11.9 Å². The molecule has 1 amide bonds. The molecule has 1 unspecified atom stereocenters. The number of aromatic amines is 1. The van der Waals surface area contributed by atoms with Crippen LogP contribution < -0.4 is 10.9 Å². The second-order valence-electron chi connectivity index (χ2n) is 12.8. The van der Waals surface area contributed by atoms with Crippen LogP contribution in [0.2, 0.25) is 5.02 Å². The summed E-state index contributed by atoms with van der Waals surface area (Å²) >= 11 is 6.12. The molecule has 18 nitrogen and oxygen atoms in total. The zero-order valence-corrected chi connectivity index (χ0v) is 30.5. The summed E-state index contributed by atoms with van der Waals surface area (Å²) in [5.74, 6) is -2.55. The SMILES string of the molecule is CCC1CC[C@H](N(CCN(CC(=O)O)CC(=O)O)CC(=O)Nc2ccc3c(C)c(Cl)c(=O)[nH]c3c2)[C@@H](N(CCN(COC=O)COC=O)COC=O)C1. The van der Waals surface area contributed by atoms with Gasteiger partial charge in [0.2, 0.25) is 5.91 Å². The molecule has 1 heterocycles. The molecule has 1 aliphatic carbocycles. The Hall–Kier alpha value is -4.62. The standard InChI is InChI=1S/C34H47ClN6O12/c1-3-24-4-7-28(29(12-24)41(19-53-22-44)11-9-39(17-51-20-42)18-52-21-43)40(10-8-38(15-31(46)47)16-32(48)49)14-30(45)36-25-5-6-26-23(2)33(35)34(50)37-27(26)13-25/h5-6,13,20-22,24,28-29H,3-4,7-12,14-19H2,1-2H3,(H,36,45)(H,37,50)(H,46,47)(H,48,49)/t24?,28-,29-/m0/s1. The Morgan fingerprint density at radius 3 is 2.08 bits per heavy atom. The third-order valence-corrected chi connectivity index (χ3v) is 9.77. The summed E-state index contributed by atoms with van der Waals surface area (Å²) < 4.78 is 15.0. The minimum Gasteiger partial charge on any atom is -0.480 e. The lowest BCUT2D eigenvalue weighted by Crippen LogP contribution is -2.58. The fraction of sp³-hybridized carbons (Fsp3) is 0.559. The molecule has 1 aromatic carbocycles. The number of hydrogen-bond acceptors (Lipinski definition) is 14. The Kier molecular flexibility index (Phi) is 17.6. The number of fused-ring (bicyclic) bond motifs is 1. The van der Waals surface area contributed by atoms with Crippen molar-refractivity contribution >= 4 is 65.5 Å². The van der Waals surface area contributed by atoms with Crippen LogP contribution in [0.25, 0.3) is 10.9 Å². The lowest BCUT2D eigenvalue weighted by molar-refractivity contribution is -0.144. The molecule has 53 heavy (non-hydrogen) atoms. The summed E-state index contributed by atoms with van der Waals surface area (Å²) in [7, 11) is 0. The highest BCUT2D eigenvalue weighted by Gasteiger charge is 2.38. The number of nitrogens with one attached hydrogen (secondary N) is 2. The second kappa shape index (κ2) is 21.8. The van der Waals surface area contributed by atoms with Gasteiger partial charge in [0, 0.05) is 49.3 Å². The molecular weight excluding hydrogens is 720 g/mol. The van der Waals surface area contributed by atoms with Crippen LogP contribution in [0.4, 0.5) is 5.69 Å². The molecule has 0 saturated heterocycles. The first-order chi connectivity index (χ1) is 25.4. The van der Waals surface area contributed by atoms with E-state index in [2.05, 4.69) is 17.2 Å². The topological polar surface area (TPSA) is 228 Å². The number of anilines is 1. The fourth-order valence-electron chi connectivity index (χ4n) is 6.70. The summed E-state index contributed by atoms with van der Waals surface area (Å²) in [6, 6.07) is 4.36. The van der Waals surface area contributed by atoms with Crippen molar-refractivity contribution in [3.05, 3.63) is 39.1 Å². The van der Waals surface area contributed by atoms with Crippen LogP contribution in [-0.4, -0.2) is 150 Å². The number of aryl methyl sites for hydroxylation is 1. The minimum atomic E-state index is -1.21. The Bertz CT molecular complexity index is 1600. The number of ether oxygens (including phenoxy) is 3. The molecule has 1 fully saturated rings. The van der Waals surface area contributed by atoms with Gasteiger partial charge in [-0.15, -0.1) is 0 Å². The smallest absolute Gasteiger partial charge is 0.317 e. The Balaban J connectivity index is 1.96. The number of H-pyrrole nitrogens is 1. The van der Waals surface area contributed by atoms with Gasteiger partial charge in [0.15, 0.2) is 0 Å². The third-order valence-electron chi connectivity index (χ3n) is 9.32. The Morgan fingerprint density at radius 2 is 1.47 bits per heavy atom. The molecule has 2 aromatic rings. The van der Waals surface area contributed by atoms with Crippen molar-refractivity contribution in [2.75, 3.05) is 71.3 Å². The maximum absolute atomic E-state index is 13.8. The summed E-state index contributed by atoms with van der Waals surface area (Å²) in [5, 5.41) is 22.6. The summed E-state index contributed by atoms with van der Waals surface area (Å²) in [5.41, 5.74) is 1.00. The van der Waals surface area contributed by atoms with E-state index in [1.54, 1.807) is 30.0 Å². The number of aliphatic carboxylic acids is 2. The van der Waals surface area contributed by atoms with E-state index >= 15 is 0 Å². The molecule has 1 aliphatic rings. The number of carbonyl (C=O) groups excluding carboxylic acids is 4. The zero-order chi connectivity index (χ0) is 38.9. The molecule has 292 valence electrons. The number of aromatic nitrogens is 1. The molecule has 0 radical (unpaired) electrons. The van der Waals surface area contributed by atoms with Crippen molar-refractivity contribution < 1.29 is 53.2 Å². The maximum atomic E-state index is 13.8. The van der Waals surface area contributed by atoms with Crippen molar-refractivity contribution in [3.8, 4) is 0 Å². The summed E-state index contributed by atoms with van der Waals surface area (Å²) in [6.07, 6.45) is 2.91. The van der Waals surface area contributed by atoms with E-state index in [1.807, 2.05) is 9.80 Å². The summed E-state index contributed by atoms with van der Waals surface area (Å²) in [4.78, 5) is 91.7. The van der Waals surface area contributed by atoms with E-state index in [-0.39, 0.29) is 88.9 Å². The highest BCUT2D eigenvalue weighted by molar-refractivity contribution is 6.32. The molecule has 3 rings (SSSR count). The number of rotatable bonds is 25. The predicted molar refractivity (Wildman–Crippen MR) is 191 cm³/mol. The molecule has 1 aromatic heterocycles. The van der Waals surface area contributed by atoms with Gasteiger partial charge in [0.05, 0.1) is 25.2 Å². The Labute approximate surface area is 310 Å². The van der Waals surface area contributed by atoms with Gasteiger partial charge in [-0.1, -0.05) is 31.0 Å². The first-order valence-corrected chi connectivity index (χ1v) is 17.4. The van der Waals surface area contributed by atoms with Crippen molar-refractivity contribution in [2.24, 2.45) is 5.92 Å². The molecule has 3 atom stereocenters. The quantitative estimate of drug-likeness (QED) is 0.0631. The molecule has 0 aliphatic heterocycles. The molecular formula is C34H47ClN6O12. The van der Waals surface area contributed by atoms with Crippen LogP contribution in [0.3, 0.4) is 0 Å². The number of nitrogens with zero attached hydrogens (tertiary/aromatic N) is 4. The third kappa shape index (κ3) is 13.4. The number of carboxylic acid groups (broad SMARTS) is 2. The molecule has 19 heteroatoms. The maximum Gasteiger partial charge on any atom is 0.317 e. The van der Waals surface area contributed by atoms with Gasteiger partial charge < -0.3 is 34.7 Å². The minimum absolute atomic E-state index is 0.00817. The van der Waals surface area contributed by atoms with Crippen LogP contribution in [0, 0.1) is 12.8 Å². The number of carbonyl (C=O) groups is 6. The number of carboxylic acids is 2. The highest BCUT2D eigenvalue weighted by Crippen LogP contribution is 2.33. The van der Waals surface area contributed by atoms with Crippen molar-refractivity contribution in [1.82, 2.24) is 24.6 Å². The lowest BCUT2D eigenvalue weighted by Gasteiger charge is -2.47. The van der Waals surface area contributed by atoms with Crippen LogP contribution in [-0.2, 0) is 43.0 Å². The van der Waals surface area contributed by atoms with Gasteiger partial charge in [0.25, 0.3) is 25.0 Å². The monoisotopic (exact) mass is 766 g/mol. The van der Waals surface area contributed by atoms with Gasteiger partial charge in [-0.25, -0.2) is 4.90 Å². The fourth-order valence-corrected chi connectivity index (χ4v) is 6.85. The zero-order valence-electron chi connectivity index (χ0n) is 29.7. The number of hydrogen-bond donors (Lipinski definition) is 4. The van der Waals surface area contributed by atoms with E-state index in [1.165, 1.54) is 4.90 Å². The van der Waals surface area contributed by atoms with Gasteiger partial charge in [0.1, 0.15) is 25.2 Å². The van der Waals surface area contributed by atoms with Crippen molar-refractivity contribution in [3.63, 3.8) is 0 Å². The van der Waals surface area contributed by atoms with Gasteiger partial charge in [-0.3, -0.25) is 48.3 Å². The van der Waals surface area contributed by atoms with Crippen LogP contribution in [0.1, 0.15) is 38.2 Å². The van der Waals surface area contributed by atoms with E-state index in [0.717, 1.165) is 12.8 Å². The molecule has 0 bridgehead atoms. The Morgan fingerprint density at radius 1 is 0.868 bits per heavy atom. The van der Waals surface area contributed by atoms with E-state index < -0.39 is 36.5 Å². The average molecular weight is 767 g/mol. The molecule has 4 N–H and O–H groups in total. The van der Waals surface area contributed by atoms with Gasteiger partial charge in [-0.2, -0.15) is 0 Å². The highest BCUT2D eigenvalue weighted by atomic mass is 35.5. The van der Waals surface area contributed by atoms with Crippen molar-refractivity contribution in [2.45, 2.75) is 51.6 Å². The lowest BCUT2D eigenvalue weighted by atomic mass is 9.79. The number of pyridine rings is 1. The first kappa shape index (κ1) is 42.8. The average Bonchev–Trinajstić information content (AvgIpc) is 3.12. The van der Waals surface area contributed by atoms with E-state index in [0.29, 0.717) is 41.5 Å². The second-order valence-corrected chi connectivity index (χ2v) is 13.2. The number of halogens is 1. The largest absolute Gasteiger partial charge is 0.480 e. The van der Waals surface area contributed by atoms with E-state index in [9.17, 15) is 43.8 Å². The molecule has 0 spiro atoms. The van der Waals surface area contributed by atoms with Gasteiger partial charge in [-0.05, 0) is 49.8 Å². The normalized spacial score (nSPS) is 17.2. The van der Waals surface area contributed by atoms with Crippen LogP contribution in [0.5, 0.6) is 0 Å². The van der Waals surface area contributed by atoms with E-state index in [4.69, 9.17) is 25.8 Å². The molecule has 1 saturated carbocycles. The first-order valence-electron chi connectivity index (χ1n) is 17.0. The summed E-state index contributed by atoms with van der Waals surface area (Å²) in [6.45, 7) is 3.54. The van der Waals surface area contributed by atoms with Crippen molar-refractivity contribution in [1.29, 1.82) is 0 Å². The number of benzene rings is 1.